The van der Waals surface area contributed by atoms with E-state index < -0.39 is 11.7 Å². The minimum atomic E-state index is -0.613. The number of carbonyl (C=O) groups is 1. The molecule has 8 nitrogen and oxygen atoms in total. The molecule has 3 aliphatic rings. The van der Waals surface area contributed by atoms with Gasteiger partial charge in [0.05, 0.1) is 6.61 Å². The number of hydrogen-bond acceptors (Lipinski definition) is 7. The number of pyridine rings is 1. The fourth-order valence-corrected chi connectivity index (χ4v) is 7.39. The van der Waals surface area contributed by atoms with Gasteiger partial charge < -0.3 is 20.1 Å². The second-order valence-corrected chi connectivity index (χ2v) is 15.5. The van der Waals surface area contributed by atoms with Gasteiger partial charge in [0.25, 0.3) is 0 Å². The molecule has 9 heteroatoms. The number of aromatic nitrogens is 1. The highest BCUT2D eigenvalue weighted by molar-refractivity contribution is 5.86. The van der Waals surface area contributed by atoms with Crippen molar-refractivity contribution in [2.45, 2.75) is 137 Å². The number of unbranched alkanes of at least 4 members (excludes halogenated alkanes) is 1. The lowest BCUT2D eigenvalue weighted by molar-refractivity contribution is 0.0546. The van der Waals surface area contributed by atoms with Crippen LogP contribution >= 0.6 is 0 Å². The van der Waals surface area contributed by atoms with E-state index >= 15 is 4.39 Å². The first-order valence-corrected chi connectivity index (χ1v) is 19.0. The zero-order valence-corrected chi connectivity index (χ0v) is 31.6. The molecule has 2 heterocycles. The predicted molar refractivity (Wildman–Crippen MR) is 206 cm³/mol. The number of anilines is 1. The third-order valence-corrected chi connectivity index (χ3v) is 10.6. The topological polar surface area (TPSA) is 96.9 Å². The summed E-state index contributed by atoms with van der Waals surface area (Å²) in [4.78, 5) is 21.0. The Hall–Kier alpha value is -4.14. The van der Waals surface area contributed by atoms with Crippen molar-refractivity contribution < 1.29 is 18.7 Å². The number of carbonyl (C=O) groups excluding carboxylic acids is 1. The average molecular weight is 700 g/mol. The number of aliphatic imine (C=N–C) groups is 1. The number of ether oxygens (including phenoxy) is 2. The fourth-order valence-electron chi connectivity index (χ4n) is 7.39. The number of halogens is 1. The second-order valence-electron chi connectivity index (χ2n) is 15.5. The summed E-state index contributed by atoms with van der Waals surface area (Å²) in [6.45, 7) is 16.8. The summed E-state index contributed by atoms with van der Waals surface area (Å²) in [5, 5.41) is 9.93. The van der Waals surface area contributed by atoms with E-state index in [1.807, 2.05) is 13.0 Å². The van der Waals surface area contributed by atoms with Crippen molar-refractivity contribution in [1.82, 2.24) is 15.6 Å². The van der Waals surface area contributed by atoms with Gasteiger partial charge in [0.2, 0.25) is 0 Å². The number of allylic oxidation sites excluding steroid dienone is 3. The van der Waals surface area contributed by atoms with Crippen molar-refractivity contribution in [2.75, 3.05) is 11.9 Å². The fraction of sp³-hybridized carbons (Fsp3) is 0.548. The first-order valence-electron chi connectivity index (χ1n) is 19.0. The van der Waals surface area contributed by atoms with Crippen molar-refractivity contribution in [3.05, 3.63) is 76.5 Å². The lowest BCUT2D eigenvalue weighted by Gasteiger charge is -2.41. The van der Waals surface area contributed by atoms with Crippen LogP contribution in [0.4, 0.5) is 15.0 Å². The molecule has 2 saturated carbocycles. The number of benzene rings is 1. The molecule has 5 rings (SSSR count). The quantitative estimate of drug-likeness (QED) is 0.170. The summed E-state index contributed by atoms with van der Waals surface area (Å²) in [6, 6.07) is 5.87. The Labute approximate surface area is 304 Å². The van der Waals surface area contributed by atoms with Crippen LogP contribution in [0, 0.1) is 11.2 Å². The molecule has 1 aromatic carbocycles. The molecule has 2 aliphatic carbocycles. The van der Waals surface area contributed by atoms with Gasteiger partial charge in [-0.2, -0.15) is 0 Å². The Morgan fingerprint density at radius 3 is 2.61 bits per heavy atom. The summed E-state index contributed by atoms with van der Waals surface area (Å²) in [5.74, 6) is 1.49. The van der Waals surface area contributed by atoms with Crippen LogP contribution in [0.25, 0.3) is 11.3 Å². The summed E-state index contributed by atoms with van der Waals surface area (Å²) < 4.78 is 26.5. The van der Waals surface area contributed by atoms with Gasteiger partial charge in [0.15, 0.2) is 0 Å². The highest BCUT2D eigenvalue weighted by Gasteiger charge is 2.34. The zero-order chi connectivity index (χ0) is 36.6. The third-order valence-electron chi connectivity index (χ3n) is 10.6. The van der Waals surface area contributed by atoms with Crippen molar-refractivity contribution in [3.8, 4) is 5.75 Å². The number of hydrogen-bond donors (Lipinski definition) is 3. The zero-order valence-electron chi connectivity index (χ0n) is 31.6. The van der Waals surface area contributed by atoms with Crippen LogP contribution < -0.4 is 20.7 Å². The van der Waals surface area contributed by atoms with E-state index in [1.54, 1.807) is 45.3 Å². The summed E-state index contributed by atoms with van der Waals surface area (Å²) in [6.07, 6.45) is 18.7. The third kappa shape index (κ3) is 10.2. The number of rotatable bonds is 14. The highest BCUT2D eigenvalue weighted by Crippen LogP contribution is 2.44. The summed E-state index contributed by atoms with van der Waals surface area (Å²) in [5.41, 5.74) is 7.05. The summed E-state index contributed by atoms with van der Waals surface area (Å²) >= 11 is 0. The van der Waals surface area contributed by atoms with Crippen molar-refractivity contribution in [2.24, 2.45) is 10.4 Å². The SMILES string of the molecule is C=C(N=C/C=C(\C)c1cnc(NCc2cc(F)cc(C(NC3CCC(CC)(CCCC)CC3)=C3CCC3)c2)c2c1OCC2)NC(=O)OC(C)(C)C. The maximum atomic E-state index is 15.2. The number of nitrogens with one attached hydrogen (secondary N) is 3. The standard InChI is InChI=1S/C42H58FN5O3/c1-8-10-18-42(9-2)19-14-34(15-20-42)48-37(31-12-11-13-31)32-23-30(24-33(43)25-32)26-45-39-35-17-22-50-38(35)36(27-46-39)28(3)16-21-44-29(4)47-40(49)51-41(5,6)7/h16,21,23-25,27,34,48H,4,8-15,17-20,22,26H2,1-3,5-7H3,(H,45,46)(H,47,49)/b28-16+,44-21?. The molecule has 0 atom stereocenters. The minimum absolute atomic E-state index is 0.176. The molecular weight excluding hydrogens is 641 g/mol. The van der Waals surface area contributed by atoms with E-state index in [2.05, 4.69) is 47.4 Å². The minimum Gasteiger partial charge on any atom is -0.492 e. The Morgan fingerprint density at radius 1 is 1.18 bits per heavy atom. The Morgan fingerprint density at radius 2 is 1.94 bits per heavy atom. The van der Waals surface area contributed by atoms with Gasteiger partial charge in [-0.3, -0.25) is 5.32 Å². The molecule has 1 aliphatic heterocycles. The maximum absolute atomic E-state index is 15.2. The number of nitrogens with zero attached hydrogens (tertiary/aromatic N) is 2. The van der Waals surface area contributed by atoms with Gasteiger partial charge in [0.1, 0.15) is 28.8 Å². The van der Waals surface area contributed by atoms with Crippen LogP contribution in [0.15, 0.2) is 53.4 Å². The van der Waals surface area contributed by atoms with Crippen molar-refractivity contribution >= 4 is 29.4 Å². The highest BCUT2D eigenvalue weighted by atomic mass is 19.1. The van der Waals surface area contributed by atoms with Crippen LogP contribution in [0.3, 0.4) is 0 Å². The predicted octanol–water partition coefficient (Wildman–Crippen LogP) is 10.3. The molecule has 276 valence electrons. The van der Waals surface area contributed by atoms with Crippen molar-refractivity contribution in [3.63, 3.8) is 0 Å². The van der Waals surface area contributed by atoms with E-state index in [-0.39, 0.29) is 11.6 Å². The number of fused-ring (bicyclic) bond motifs is 1. The van der Waals surface area contributed by atoms with E-state index in [4.69, 9.17) is 14.5 Å². The molecule has 0 bridgehead atoms. The molecule has 1 amide bonds. The monoisotopic (exact) mass is 699 g/mol. The molecule has 0 saturated heterocycles. The Kier molecular flexibility index (Phi) is 12.6. The van der Waals surface area contributed by atoms with Crippen molar-refractivity contribution in [1.29, 1.82) is 0 Å². The maximum Gasteiger partial charge on any atom is 0.413 e. The lowest BCUT2D eigenvalue weighted by Crippen LogP contribution is -2.37. The Bertz CT molecular complexity index is 1660. The van der Waals surface area contributed by atoms with Gasteiger partial charge in [0, 0.05) is 53.8 Å². The van der Waals surface area contributed by atoms with Crippen LogP contribution in [0.1, 0.15) is 134 Å². The second kappa shape index (κ2) is 16.9. The first kappa shape index (κ1) is 38.1. The molecule has 51 heavy (non-hydrogen) atoms. The van der Waals surface area contributed by atoms with Crippen LogP contribution in [0.5, 0.6) is 5.75 Å². The van der Waals surface area contributed by atoms with Crippen LogP contribution in [-0.4, -0.2) is 35.5 Å². The largest absolute Gasteiger partial charge is 0.492 e. The van der Waals surface area contributed by atoms with Gasteiger partial charge in [-0.1, -0.05) is 39.7 Å². The molecule has 0 unspecified atom stereocenters. The molecule has 3 N–H and O–H groups in total. The number of alkyl carbamates (subject to hydrolysis) is 1. The Balaban J connectivity index is 1.25. The molecule has 2 aromatic rings. The molecule has 0 spiro atoms. The van der Waals surface area contributed by atoms with E-state index in [1.165, 1.54) is 63.4 Å². The average Bonchev–Trinajstić information content (AvgIpc) is 3.55. The van der Waals surface area contributed by atoms with Gasteiger partial charge >= 0.3 is 6.09 Å². The molecule has 1 aromatic heterocycles. The molecule has 0 radical (unpaired) electrons. The lowest BCUT2D eigenvalue weighted by atomic mass is 9.68. The smallest absolute Gasteiger partial charge is 0.413 e. The van der Waals surface area contributed by atoms with Gasteiger partial charge in [-0.15, -0.1) is 0 Å². The van der Waals surface area contributed by atoms with Gasteiger partial charge in [-0.05, 0) is 125 Å². The summed E-state index contributed by atoms with van der Waals surface area (Å²) in [7, 11) is 0. The molecular formula is C42H58FN5O3. The van der Waals surface area contributed by atoms with Crippen LogP contribution in [0.2, 0.25) is 0 Å². The first-order chi connectivity index (χ1) is 24.4. The number of amides is 1. The van der Waals surface area contributed by atoms with E-state index in [9.17, 15) is 4.79 Å². The van der Waals surface area contributed by atoms with Crippen LogP contribution in [-0.2, 0) is 17.7 Å². The normalized spacial score (nSPS) is 20.3. The van der Waals surface area contributed by atoms with E-state index in [0.29, 0.717) is 24.6 Å². The van der Waals surface area contributed by atoms with Gasteiger partial charge in [-0.25, -0.2) is 19.2 Å². The van der Waals surface area contributed by atoms with E-state index in [0.717, 1.165) is 64.4 Å². The molecule has 2 fully saturated rings.